The van der Waals surface area contributed by atoms with Crippen LogP contribution in [0.4, 0.5) is 0 Å². The molecule has 6 nitrogen and oxygen atoms in total. The SMILES string of the molecule is CCOc1cc(C(C#N)N(C)CC(=O)O)ccc1O. The van der Waals surface area contributed by atoms with Crippen LogP contribution in [0, 0.1) is 11.3 Å². The van der Waals surface area contributed by atoms with Crippen LogP contribution in [0.15, 0.2) is 18.2 Å². The van der Waals surface area contributed by atoms with Gasteiger partial charge in [0.15, 0.2) is 11.5 Å². The number of hydrogen-bond donors (Lipinski definition) is 2. The van der Waals surface area contributed by atoms with Crippen LogP contribution in [0.1, 0.15) is 18.5 Å². The third-order valence-electron chi connectivity index (χ3n) is 2.55. The third kappa shape index (κ3) is 3.86. The Morgan fingerprint density at radius 3 is 2.79 bits per heavy atom. The monoisotopic (exact) mass is 264 g/mol. The van der Waals surface area contributed by atoms with Crippen molar-refractivity contribution >= 4 is 5.97 Å². The molecule has 1 unspecified atom stereocenters. The molecule has 0 saturated heterocycles. The molecule has 0 saturated carbocycles. The van der Waals surface area contributed by atoms with Crippen molar-refractivity contribution in [3.8, 4) is 17.6 Å². The third-order valence-corrected chi connectivity index (χ3v) is 2.55. The molecule has 0 heterocycles. The van der Waals surface area contributed by atoms with Gasteiger partial charge in [0.2, 0.25) is 0 Å². The number of benzene rings is 1. The zero-order valence-corrected chi connectivity index (χ0v) is 10.8. The summed E-state index contributed by atoms with van der Waals surface area (Å²) in [6.45, 7) is 1.92. The molecule has 0 aliphatic carbocycles. The number of phenols is 1. The second-order valence-electron chi connectivity index (χ2n) is 4.00. The standard InChI is InChI=1S/C13H16N2O4/c1-3-19-12-6-9(4-5-11(12)16)10(7-14)15(2)8-13(17)18/h4-6,10,16H,3,8H2,1-2H3,(H,17,18). The lowest BCUT2D eigenvalue weighted by atomic mass is 10.1. The fourth-order valence-corrected chi connectivity index (χ4v) is 1.70. The summed E-state index contributed by atoms with van der Waals surface area (Å²) in [5, 5.41) is 27.5. The van der Waals surface area contributed by atoms with Crippen molar-refractivity contribution in [3.05, 3.63) is 23.8 Å². The summed E-state index contributed by atoms with van der Waals surface area (Å²) in [5.74, 6) is -0.737. The van der Waals surface area contributed by atoms with Crippen LogP contribution in [-0.2, 0) is 4.79 Å². The number of carbonyl (C=O) groups is 1. The van der Waals surface area contributed by atoms with Crippen molar-refractivity contribution in [2.75, 3.05) is 20.2 Å². The molecule has 0 fully saturated rings. The molecule has 0 spiro atoms. The first kappa shape index (κ1) is 14.8. The topological polar surface area (TPSA) is 93.8 Å². The summed E-state index contributed by atoms with van der Waals surface area (Å²) >= 11 is 0. The second-order valence-corrected chi connectivity index (χ2v) is 4.00. The van der Waals surface area contributed by atoms with Crippen LogP contribution in [0.25, 0.3) is 0 Å². The highest BCUT2D eigenvalue weighted by molar-refractivity contribution is 5.69. The molecular formula is C13H16N2O4. The maximum absolute atomic E-state index is 10.7. The Morgan fingerprint density at radius 2 is 2.26 bits per heavy atom. The van der Waals surface area contributed by atoms with E-state index in [0.717, 1.165) is 0 Å². The Morgan fingerprint density at radius 1 is 1.58 bits per heavy atom. The van der Waals surface area contributed by atoms with E-state index in [1.165, 1.54) is 11.0 Å². The van der Waals surface area contributed by atoms with Gasteiger partial charge in [0.25, 0.3) is 0 Å². The molecule has 0 radical (unpaired) electrons. The highest BCUT2D eigenvalue weighted by Crippen LogP contribution is 2.30. The number of aliphatic carboxylic acids is 1. The predicted octanol–water partition coefficient (Wildman–Crippen LogP) is 1.37. The quantitative estimate of drug-likeness (QED) is 0.806. The minimum absolute atomic E-state index is 0.0109. The van der Waals surface area contributed by atoms with E-state index in [1.807, 2.05) is 6.07 Å². The number of ether oxygens (including phenoxy) is 1. The minimum atomic E-state index is -1.01. The van der Waals surface area contributed by atoms with Crippen LogP contribution in [0.2, 0.25) is 0 Å². The highest BCUT2D eigenvalue weighted by Gasteiger charge is 2.20. The Hall–Kier alpha value is -2.26. The number of carboxylic acids is 1. The number of nitriles is 1. The number of rotatable bonds is 6. The molecule has 0 aliphatic heterocycles. The van der Waals surface area contributed by atoms with Gasteiger partial charge in [0.05, 0.1) is 19.2 Å². The van der Waals surface area contributed by atoms with Gasteiger partial charge in [-0.2, -0.15) is 5.26 Å². The number of phenolic OH excluding ortho intramolecular Hbond substituents is 1. The molecule has 102 valence electrons. The predicted molar refractivity (Wildman–Crippen MR) is 67.9 cm³/mol. The van der Waals surface area contributed by atoms with Crippen LogP contribution < -0.4 is 4.74 Å². The molecule has 1 aromatic carbocycles. The molecule has 2 N–H and O–H groups in total. The molecule has 1 atom stereocenters. The van der Waals surface area contributed by atoms with Gasteiger partial charge in [-0.05, 0) is 31.7 Å². The van der Waals surface area contributed by atoms with Crippen LogP contribution in [0.5, 0.6) is 11.5 Å². The van der Waals surface area contributed by atoms with Crippen molar-refractivity contribution in [2.24, 2.45) is 0 Å². The Kier molecular flexibility index (Phi) is 5.15. The van der Waals surface area contributed by atoms with Crippen molar-refractivity contribution in [2.45, 2.75) is 13.0 Å². The van der Waals surface area contributed by atoms with Gasteiger partial charge in [-0.25, -0.2) is 0 Å². The maximum atomic E-state index is 10.7. The summed E-state index contributed by atoms with van der Waals surface area (Å²) in [4.78, 5) is 12.1. The van der Waals surface area contributed by atoms with Gasteiger partial charge in [-0.3, -0.25) is 9.69 Å². The Bertz CT molecular complexity index is 496. The molecule has 19 heavy (non-hydrogen) atoms. The molecule has 0 aromatic heterocycles. The first-order valence-corrected chi connectivity index (χ1v) is 5.77. The van der Waals surface area contributed by atoms with E-state index in [0.29, 0.717) is 12.2 Å². The summed E-state index contributed by atoms with van der Waals surface area (Å²) in [7, 11) is 1.55. The lowest BCUT2D eigenvalue weighted by Gasteiger charge is -2.21. The zero-order chi connectivity index (χ0) is 14.4. The first-order chi connectivity index (χ1) is 8.99. The van der Waals surface area contributed by atoms with Crippen LogP contribution >= 0.6 is 0 Å². The average molecular weight is 264 g/mol. The van der Waals surface area contributed by atoms with E-state index in [-0.39, 0.29) is 18.0 Å². The minimum Gasteiger partial charge on any atom is -0.504 e. The second kappa shape index (κ2) is 6.61. The highest BCUT2D eigenvalue weighted by atomic mass is 16.5. The largest absolute Gasteiger partial charge is 0.504 e. The molecule has 0 bridgehead atoms. The number of hydrogen-bond acceptors (Lipinski definition) is 5. The summed E-state index contributed by atoms with van der Waals surface area (Å²) in [6, 6.07) is 5.88. The van der Waals surface area contributed by atoms with Crippen molar-refractivity contribution in [1.29, 1.82) is 5.26 Å². The first-order valence-electron chi connectivity index (χ1n) is 5.77. The number of aromatic hydroxyl groups is 1. The fourth-order valence-electron chi connectivity index (χ4n) is 1.70. The lowest BCUT2D eigenvalue weighted by Crippen LogP contribution is -2.29. The fraction of sp³-hybridized carbons (Fsp3) is 0.385. The molecule has 0 aliphatic rings. The lowest BCUT2D eigenvalue weighted by molar-refractivity contribution is -0.138. The van der Waals surface area contributed by atoms with Crippen LogP contribution in [-0.4, -0.2) is 41.3 Å². The summed E-state index contributed by atoms with van der Waals surface area (Å²) in [6.07, 6.45) is 0. The zero-order valence-electron chi connectivity index (χ0n) is 10.8. The molecule has 0 amide bonds. The van der Waals surface area contributed by atoms with Crippen molar-refractivity contribution in [3.63, 3.8) is 0 Å². The Labute approximate surface area is 111 Å². The number of likely N-dealkylation sites (N-methyl/N-ethyl adjacent to an activating group) is 1. The average Bonchev–Trinajstić information content (AvgIpc) is 2.33. The molecule has 6 heteroatoms. The van der Waals surface area contributed by atoms with Crippen molar-refractivity contribution < 1.29 is 19.7 Å². The van der Waals surface area contributed by atoms with Gasteiger partial charge in [-0.15, -0.1) is 0 Å². The molecule has 1 rings (SSSR count). The van der Waals surface area contributed by atoms with E-state index in [2.05, 4.69) is 0 Å². The number of carboxylic acid groups (broad SMARTS) is 1. The van der Waals surface area contributed by atoms with E-state index in [4.69, 9.17) is 15.1 Å². The summed E-state index contributed by atoms with van der Waals surface area (Å²) in [5.41, 5.74) is 0.576. The van der Waals surface area contributed by atoms with Gasteiger partial charge >= 0.3 is 5.97 Å². The molecule has 1 aromatic rings. The normalized spacial score (nSPS) is 11.9. The van der Waals surface area contributed by atoms with Gasteiger partial charge in [0.1, 0.15) is 6.04 Å². The van der Waals surface area contributed by atoms with Crippen LogP contribution in [0.3, 0.4) is 0 Å². The van der Waals surface area contributed by atoms with Gasteiger partial charge in [0, 0.05) is 0 Å². The van der Waals surface area contributed by atoms with E-state index >= 15 is 0 Å². The van der Waals surface area contributed by atoms with Crippen molar-refractivity contribution in [1.82, 2.24) is 4.90 Å². The van der Waals surface area contributed by atoms with E-state index in [1.54, 1.807) is 26.1 Å². The smallest absolute Gasteiger partial charge is 0.317 e. The van der Waals surface area contributed by atoms with E-state index in [9.17, 15) is 9.90 Å². The van der Waals surface area contributed by atoms with Gasteiger partial charge < -0.3 is 14.9 Å². The Balaban J connectivity index is 3.02. The maximum Gasteiger partial charge on any atom is 0.317 e. The molecular weight excluding hydrogens is 248 g/mol. The van der Waals surface area contributed by atoms with E-state index < -0.39 is 12.0 Å². The summed E-state index contributed by atoms with van der Waals surface area (Å²) < 4.78 is 5.24. The van der Waals surface area contributed by atoms with Gasteiger partial charge in [-0.1, -0.05) is 6.07 Å². The number of nitrogens with zero attached hydrogens (tertiary/aromatic N) is 2.